The molecule has 1 fully saturated rings. The van der Waals surface area contributed by atoms with Crippen LogP contribution in [0, 0.1) is 0 Å². The largest absolute Gasteiger partial charge is 0.454 e. The first-order valence-corrected chi connectivity index (χ1v) is 3.05. The predicted octanol–water partition coefficient (Wildman–Crippen LogP) is -0.748. The summed E-state index contributed by atoms with van der Waals surface area (Å²) in [5, 5.41) is 8.99. The lowest BCUT2D eigenvalue weighted by molar-refractivity contribution is -0.146. The van der Waals surface area contributed by atoms with E-state index in [0.29, 0.717) is 12.8 Å². The highest BCUT2D eigenvalue weighted by molar-refractivity contribution is 5.86. The molecule has 0 spiro atoms. The maximum absolute atomic E-state index is 10.7. The zero-order valence-electron chi connectivity index (χ0n) is 5.32. The molecule has 0 aliphatic heterocycles. The summed E-state index contributed by atoms with van der Waals surface area (Å²) in [5.41, 5.74) is 0. The van der Waals surface area contributed by atoms with E-state index in [1.807, 2.05) is 0 Å². The molecule has 0 aromatic carbocycles. The smallest absolute Gasteiger partial charge is 0.293 e. The molecule has 0 heterocycles. The van der Waals surface area contributed by atoms with Crippen LogP contribution in [0.1, 0.15) is 12.8 Å². The van der Waals surface area contributed by atoms with Crippen molar-refractivity contribution in [1.29, 1.82) is 0 Å². The summed E-state index contributed by atoms with van der Waals surface area (Å²) in [5.74, 6) is -0.195. The van der Waals surface area contributed by atoms with Crippen LogP contribution < -0.4 is 0 Å². The van der Waals surface area contributed by atoms with Gasteiger partial charge in [-0.2, -0.15) is 0 Å². The molecule has 2 unspecified atom stereocenters. The quantitative estimate of drug-likeness (QED) is 0.518. The number of hydrogen-bond donors (Lipinski definition) is 1. The number of ketones is 1. The van der Waals surface area contributed by atoms with Crippen LogP contribution in [0.3, 0.4) is 0 Å². The number of Topliss-reactive ketones (excluding diaryl/α,β-unsaturated/α-hetero) is 1. The second kappa shape index (κ2) is 2.79. The molecule has 0 saturated heterocycles. The van der Waals surface area contributed by atoms with Crippen LogP contribution in [0.2, 0.25) is 0 Å². The van der Waals surface area contributed by atoms with E-state index in [9.17, 15) is 9.59 Å². The Hall–Kier alpha value is -0.900. The third-order valence-corrected chi connectivity index (χ3v) is 1.56. The fourth-order valence-corrected chi connectivity index (χ4v) is 1.02. The third kappa shape index (κ3) is 1.16. The number of aliphatic hydroxyl groups is 1. The van der Waals surface area contributed by atoms with Crippen LogP contribution in [-0.4, -0.2) is 29.6 Å². The zero-order valence-corrected chi connectivity index (χ0v) is 5.32. The van der Waals surface area contributed by atoms with Crippen molar-refractivity contribution in [2.24, 2.45) is 0 Å². The fourth-order valence-electron chi connectivity index (χ4n) is 1.02. The molecule has 0 aromatic heterocycles. The molecule has 0 bridgehead atoms. The van der Waals surface area contributed by atoms with Gasteiger partial charge in [-0.05, 0) is 6.42 Å². The van der Waals surface area contributed by atoms with E-state index in [2.05, 4.69) is 4.74 Å². The van der Waals surface area contributed by atoms with Gasteiger partial charge in [0, 0.05) is 6.42 Å². The Kier molecular flexibility index (Phi) is 2.01. The van der Waals surface area contributed by atoms with Crippen molar-refractivity contribution < 1.29 is 19.4 Å². The molecule has 0 radical (unpaired) electrons. The van der Waals surface area contributed by atoms with Crippen LogP contribution in [0.4, 0.5) is 0 Å². The average molecular weight is 144 g/mol. The zero-order chi connectivity index (χ0) is 7.56. The Bertz CT molecular complexity index is 154. The highest BCUT2D eigenvalue weighted by Gasteiger charge is 2.34. The van der Waals surface area contributed by atoms with E-state index in [-0.39, 0.29) is 12.3 Å². The Morgan fingerprint density at radius 2 is 2.40 bits per heavy atom. The number of aliphatic hydroxyl groups excluding tert-OH is 1. The second-order valence-electron chi connectivity index (χ2n) is 2.23. The Labute approximate surface area is 57.8 Å². The molecule has 0 amide bonds. The summed E-state index contributed by atoms with van der Waals surface area (Å²) in [7, 11) is 0. The lowest BCUT2D eigenvalue weighted by Crippen LogP contribution is -2.28. The molecule has 1 aliphatic carbocycles. The first-order chi connectivity index (χ1) is 4.75. The topological polar surface area (TPSA) is 63.6 Å². The Morgan fingerprint density at radius 1 is 1.70 bits per heavy atom. The van der Waals surface area contributed by atoms with Gasteiger partial charge in [-0.15, -0.1) is 0 Å². The fraction of sp³-hybridized carbons (Fsp3) is 0.667. The first-order valence-electron chi connectivity index (χ1n) is 3.05. The average Bonchev–Trinajstić information content (AvgIpc) is 2.20. The molecule has 4 heteroatoms. The van der Waals surface area contributed by atoms with Crippen molar-refractivity contribution >= 4 is 12.3 Å². The normalized spacial score (nSPS) is 32.3. The van der Waals surface area contributed by atoms with E-state index < -0.39 is 12.2 Å². The summed E-state index contributed by atoms with van der Waals surface area (Å²) in [6, 6.07) is 0. The van der Waals surface area contributed by atoms with Gasteiger partial charge in [0.2, 0.25) is 0 Å². The lowest BCUT2D eigenvalue weighted by Gasteiger charge is -2.09. The van der Waals surface area contributed by atoms with Gasteiger partial charge in [0.1, 0.15) is 0 Å². The second-order valence-corrected chi connectivity index (χ2v) is 2.23. The highest BCUT2D eigenvalue weighted by Crippen LogP contribution is 2.17. The minimum absolute atomic E-state index is 0.192. The van der Waals surface area contributed by atoms with Gasteiger partial charge in [-0.1, -0.05) is 0 Å². The summed E-state index contributed by atoms with van der Waals surface area (Å²) in [6.07, 6.45) is -0.994. The van der Waals surface area contributed by atoms with Crippen molar-refractivity contribution in [2.75, 3.05) is 0 Å². The monoisotopic (exact) mass is 144 g/mol. The molecule has 56 valence electrons. The first kappa shape index (κ1) is 7.21. The van der Waals surface area contributed by atoms with E-state index in [0.717, 1.165) is 0 Å². The number of ether oxygens (including phenoxy) is 1. The summed E-state index contributed by atoms with van der Waals surface area (Å²) in [6.45, 7) is 0.192. The van der Waals surface area contributed by atoms with Gasteiger partial charge in [-0.25, -0.2) is 0 Å². The van der Waals surface area contributed by atoms with Crippen LogP contribution in [0.15, 0.2) is 0 Å². The van der Waals surface area contributed by atoms with Gasteiger partial charge in [0.25, 0.3) is 6.47 Å². The Morgan fingerprint density at radius 3 is 2.80 bits per heavy atom. The SMILES string of the molecule is O=COC1C(=O)CCC1O. The summed E-state index contributed by atoms with van der Waals surface area (Å²) >= 11 is 0. The molecule has 1 saturated carbocycles. The third-order valence-electron chi connectivity index (χ3n) is 1.56. The minimum atomic E-state index is -0.905. The van der Waals surface area contributed by atoms with Gasteiger partial charge in [0.15, 0.2) is 11.9 Å². The molecule has 1 rings (SSSR count). The number of carbonyl (C=O) groups is 2. The van der Waals surface area contributed by atoms with Crippen molar-refractivity contribution in [3.05, 3.63) is 0 Å². The lowest BCUT2D eigenvalue weighted by atomic mass is 10.2. The summed E-state index contributed by atoms with van der Waals surface area (Å²) in [4.78, 5) is 20.5. The summed E-state index contributed by atoms with van der Waals surface area (Å²) < 4.78 is 4.35. The van der Waals surface area contributed by atoms with Crippen LogP contribution in [0.5, 0.6) is 0 Å². The molecule has 2 atom stereocenters. The van der Waals surface area contributed by atoms with Crippen molar-refractivity contribution in [2.45, 2.75) is 25.0 Å². The molecule has 10 heavy (non-hydrogen) atoms. The number of rotatable bonds is 2. The maximum Gasteiger partial charge on any atom is 0.293 e. The van der Waals surface area contributed by atoms with E-state index >= 15 is 0 Å². The van der Waals surface area contributed by atoms with Gasteiger partial charge < -0.3 is 9.84 Å². The van der Waals surface area contributed by atoms with Crippen molar-refractivity contribution in [3.8, 4) is 0 Å². The van der Waals surface area contributed by atoms with E-state index in [4.69, 9.17) is 5.11 Å². The highest BCUT2D eigenvalue weighted by atomic mass is 16.5. The molecule has 4 nitrogen and oxygen atoms in total. The van der Waals surface area contributed by atoms with Gasteiger partial charge >= 0.3 is 0 Å². The number of carbonyl (C=O) groups excluding carboxylic acids is 2. The molecule has 1 N–H and O–H groups in total. The predicted molar refractivity (Wildman–Crippen MR) is 31.2 cm³/mol. The standard InChI is InChI=1S/C6H8O4/c7-3-10-6-4(8)1-2-5(6)9/h3-4,6,8H,1-2H2. The maximum atomic E-state index is 10.7. The molecule has 1 aliphatic rings. The molecule has 0 aromatic rings. The molecular weight excluding hydrogens is 136 g/mol. The van der Waals surface area contributed by atoms with E-state index in [1.165, 1.54) is 0 Å². The Balaban J connectivity index is 2.53. The van der Waals surface area contributed by atoms with Gasteiger partial charge in [0.05, 0.1) is 6.10 Å². The number of hydrogen-bond acceptors (Lipinski definition) is 4. The molecular formula is C6H8O4. The van der Waals surface area contributed by atoms with Gasteiger partial charge in [-0.3, -0.25) is 9.59 Å². The van der Waals surface area contributed by atoms with Crippen LogP contribution in [0.25, 0.3) is 0 Å². The minimum Gasteiger partial charge on any atom is -0.454 e. The van der Waals surface area contributed by atoms with Crippen molar-refractivity contribution in [3.63, 3.8) is 0 Å². The van der Waals surface area contributed by atoms with E-state index in [1.54, 1.807) is 0 Å². The van der Waals surface area contributed by atoms with Crippen molar-refractivity contribution in [1.82, 2.24) is 0 Å². The van der Waals surface area contributed by atoms with Crippen LogP contribution >= 0.6 is 0 Å². The van der Waals surface area contributed by atoms with Crippen LogP contribution in [-0.2, 0) is 14.3 Å².